The summed E-state index contributed by atoms with van der Waals surface area (Å²) < 4.78 is 1.92. The number of thiophene rings is 1. The maximum Gasteiger partial charge on any atom is 0.163 e. The number of hydrogen-bond acceptors (Lipinski definition) is 4. The minimum Gasteiger partial charge on any atom is -0.377 e. The van der Waals surface area contributed by atoms with Crippen LogP contribution in [0.5, 0.6) is 0 Å². The van der Waals surface area contributed by atoms with Crippen molar-refractivity contribution in [1.82, 2.24) is 14.8 Å². The Kier molecular flexibility index (Phi) is 4.01. The average Bonchev–Trinajstić information content (AvgIpc) is 3.17. The summed E-state index contributed by atoms with van der Waals surface area (Å²) in [4.78, 5) is 1.37. The molecule has 1 unspecified atom stereocenters. The molecule has 3 rings (SSSR count). The zero-order valence-corrected chi connectivity index (χ0v) is 13.0. The van der Waals surface area contributed by atoms with Crippen LogP contribution in [0.2, 0.25) is 0 Å². The van der Waals surface area contributed by atoms with Crippen LogP contribution in [0.4, 0.5) is 5.69 Å². The van der Waals surface area contributed by atoms with E-state index in [-0.39, 0.29) is 0 Å². The van der Waals surface area contributed by atoms with Crippen LogP contribution in [-0.2, 0) is 7.05 Å². The van der Waals surface area contributed by atoms with Crippen LogP contribution >= 0.6 is 11.3 Å². The molecule has 0 amide bonds. The molecule has 1 atom stereocenters. The summed E-state index contributed by atoms with van der Waals surface area (Å²) in [5.74, 6) is 0.881. The molecule has 21 heavy (non-hydrogen) atoms. The third kappa shape index (κ3) is 2.97. The van der Waals surface area contributed by atoms with Crippen LogP contribution in [0.25, 0.3) is 11.4 Å². The molecule has 0 saturated carbocycles. The molecule has 0 aliphatic carbocycles. The lowest BCUT2D eigenvalue weighted by molar-refractivity contribution is 0.764. The molecule has 0 aliphatic rings. The first-order valence-electron chi connectivity index (χ1n) is 7.02. The van der Waals surface area contributed by atoms with Crippen LogP contribution in [0.1, 0.15) is 24.3 Å². The number of rotatable bonds is 5. The summed E-state index contributed by atoms with van der Waals surface area (Å²) in [6.07, 6.45) is 2.77. The minimum atomic E-state index is 0.366. The molecule has 1 aromatic carbocycles. The summed E-state index contributed by atoms with van der Waals surface area (Å²) in [5.41, 5.74) is 2.20. The van der Waals surface area contributed by atoms with Crippen molar-refractivity contribution in [3.8, 4) is 11.4 Å². The minimum absolute atomic E-state index is 0.366. The van der Waals surface area contributed by atoms with Crippen LogP contribution in [0, 0.1) is 0 Å². The summed E-state index contributed by atoms with van der Waals surface area (Å²) >= 11 is 1.79. The third-order valence-electron chi connectivity index (χ3n) is 3.49. The van der Waals surface area contributed by atoms with E-state index in [1.165, 1.54) is 4.88 Å². The first-order valence-corrected chi connectivity index (χ1v) is 7.90. The molecule has 2 aromatic heterocycles. The van der Waals surface area contributed by atoms with Crippen molar-refractivity contribution in [2.45, 2.75) is 19.4 Å². The van der Waals surface area contributed by atoms with Gasteiger partial charge < -0.3 is 9.88 Å². The zero-order chi connectivity index (χ0) is 14.7. The van der Waals surface area contributed by atoms with Crippen molar-refractivity contribution in [1.29, 1.82) is 0 Å². The highest BCUT2D eigenvalue weighted by Gasteiger charge is 2.10. The standard InChI is InChI=1S/C16H18N4S/c1-3-14(15-5-4-10-21-15)18-13-8-6-12(7-9-13)16-19-17-11-20(16)2/h4-11,14,18H,3H2,1-2H3. The Morgan fingerprint density at radius 2 is 2.05 bits per heavy atom. The third-order valence-corrected chi connectivity index (χ3v) is 4.48. The van der Waals surface area contributed by atoms with Gasteiger partial charge in [-0.1, -0.05) is 13.0 Å². The van der Waals surface area contributed by atoms with Crippen molar-refractivity contribution in [2.24, 2.45) is 7.05 Å². The lowest BCUT2D eigenvalue weighted by atomic mass is 10.1. The Morgan fingerprint density at radius 1 is 1.24 bits per heavy atom. The second-order valence-electron chi connectivity index (χ2n) is 4.96. The first-order chi connectivity index (χ1) is 10.3. The fourth-order valence-corrected chi connectivity index (χ4v) is 3.19. The van der Waals surface area contributed by atoms with Gasteiger partial charge in [-0.3, -0.25) is 0 Å². The predicted molar refractivity (Wildman–Crippen MR) is 87.4 cm³/mol. The Balaban J connectivity index is 1.77. The van der Waals surface area contributed by atoms with Gasteiger partial charge in [0.1, 0.15) is 6.33 Å². The fourth-order valence-electron chi connectivity index (χ4n) is 2.33. The van der Waals surface area contributed by atoms with E-state index in [0.717, 1.165) is 23.5 Å². The summed E-state index contributed by atoms with van der Waals surface area (Å²) in [6, 6.07) is 13.0. The number of benzene rings is 1. The molecule has 0 radical (unpaired) electrons. The lowest BCUT2D eigenvalue weighted by Crippen LogP contribution is -2.07. The smallest absolute Gasteiger partial charge is 0.163 e. The van der Waals surface area contributed by atoms with E-state index in [1.54, 1.807) is 17.7 Å². The molecule has 0 fully saturated rings. The Labute approximate surface area is 128 Å². The number of anilines is 1. The van der Waals surface area contributed by atoms with Gasteiger partial charge >= 0.3 is 0 Å². The van der Waals surface area contributed by atoms with Crippen LogP contribution in [-0.4, -0.2) is 14.8 Å². The topological polar surface area (TPSA) is 42.7 Å². The van der Waals surface area contributed by atoms with Crippen molar-refractivity contribution < 1.29 is 0 Å². The van der Waals surface area contributed by atoms with E-state index in [9.17, 15) is 0 Å². The number of aromatic nitrogens is 3. The van der Waals surface area contributed by atoms with Gasteiger partial charge in [0, 0.05) is 23.2 Å². The van der Waals surface area contributed by atoms with Gasteiger partial charge in [-0.25, -0.2) is 0 Å². The summed E-state index contributed by atoms with van der Waals surface area (Å²) in [6.45, 7) is 2.20. The van der Waals surface area contributed by atoms with E-state index < -0.39 is 0 Å². The van der Waals surface area contributed by atoms with Crippen molar-refractivity contribution in [2.75, 3.05) is 5.32 Å². The van der Waals surface area contributed by atoms with Gasteiger partial charge in [-0.2, -0.15) is 0 Å². The summed E-state index contributed by atoms with van der Waals surface area (Å²) in [7, 11) is 1.95. The van der Waals surface area contributed by atoms with Gasteiger partial charge in [0.25, 0.3) is 0 Å². The number of hydrogen-bond donors (Lipinski definition) is 1. The van der Waals surface area contributed by atoms with E-state index >= 15 is 0 Å². The van der Waals surface area contributed by atoms with Gasteiger partial charge in [0.2, 0.25) is 0 Å². The fraction of sp³-hybridized carbons (Fsp3) is 0.250. The van der Waals surface area contributed by atoms with Gasteiger partial charge in [-0.05, 0) is 42.1 Å². The molecular formula is C16H18N4S. The molecule has 4 nitrogen and oxygen atoms in total. The Morgan fingerprint density at radius 3 is 2.62 bits per heavy atom. The van der Waals surface area contributed by atoms with Crippen LogP contribution in [0.3, 0.4) is 0 Å². The predicted octanol–water partition coefficient (Wildman–Crippen LogP) is 4.11. The number of aryl methyl sites for hydroxylation is 1. The lowest BCUT2D eigenvalue weighted by Gasteiger charge is -2.17. The molecule has 108 valence electrons. The molecule has 2 heterocycles. The molecule has 0 bridgehead atoms. The molecule has 0 spiro atoms. The highest BCUT2D eigenvalue weighted by atomic mass is 32.1. The van der Waals surface area contributed by atoms with Crippen molar-refractivity contribution in [3.05, 3.63) is 53.0 Å². The zero-order valence-electron chi connectivity index (χ0n) is 12.2. The highest BCUT2D eigenvalue weighted by Crippen LogP contribution is 2.27. The Hall–Kier alpha value is -2.14. The molecule has 0 saturated heterocycles. The van der Waals surface area contributed by atoms with Crippen molar-refractivity contribution in [3.63, 3.8) is 0 Å². The maximum atomic E-state index is 4.13. The van der Waals surface area contributed by atoms with Gasteiger partial charge in [0.05, 0.1) is 6.04 Å². The van der Waals surface area contributed by atoms with E-state index in [0.29, 0.717) is 6.04 Å². The normalized spacial score (nSPS) is 12.3. The molecular weight excluding hydrogens is 280 g/mol. The van der Waals surface area contributed by atoms with E-state index in [1.807, 2.05) is 11.6 Å². The quantitative estimate of drug-likeness (QED) is 0.771. The SMILES string of the molecule is CCC(Nc1ccc(-c2nncn2C)cc1)c1cccs1. The number of nitrogens with zero attached hydrogens (tertiary/aromatic N) is 3. The molecule has 5 heteroatoms. The molecule has 1 N–H and O–H groups in total. The summed E-state index contributed by atoms with van der Waals surface area (Å²) in [5, 5.41) is 13.7. The van der Waals surface area contributed by atoms with E-state index in [2.05, 4.69) is 64.2 Å². The van der Waals surface area contributed by atoms with E-state index in [4.69, 9.17) is 0 Å². The van der Waals surface area contributed by atoms with Gasteiger partial charge in [-0.15, -0.1) is 21.5 Å². The van der Waals surface area contributed by atoms with Crippen molar-refractivity contribution >= 4 is 17.0 Å². The molecule has 3 aromatic rings. The monoisotopic (exact) mass is 298 g/mol. The second kappa shape index (κ2) is 6.10. The van der Waals surface area contributed by atoms with Gasteiger partial charge in [0.15, 0.2) is 5.82 Å². The average molecular weight is 298 g/mol. The first kappa shape index (κ1) is 13.8. The largest absolute Gasteiger partial charge is 0.377 e. The number of nitrogens with one attached hydrogen (secondary N) is 1. The highest BCUT2D eigenvalue weighted by molar-refractivity contribution is 7.10. The van der Waals surface area contributed by atoms with Crippen LogP contribution < -0.4 is 5.32 Å². The second-order valence-corrected chi connectivity index (χ2v) is 5.94. The Bertz CT molecular complexity index is 685. The maximum absolute atomic E-state index is 4.13. The van der Waals surface area contributed by atoms with Crippen LogP contribution in [0.15, 0.2) is 48.1 Å². The molecule has 0 aliphatic heterocycles.